The normalized spacial score (nSPS) is 7.89. The molecule has 18 heavy (non-hydrogen) atoms. The summed E-state index contributed by atoms with van der Waals surface area (Å²) in [5, 5.41) is 32.8. The van der Waals surface area contributed by atoms with E-state index >= 15 is 0 Å². The van der Waals surface area contributed by atoms with E-state index in [9.17, 15) is 0 Å². The molecule has 6 nitrogen and oxygen atoms in total. The molecule has 0 fully saturated rings. The second-order valence-corrected chi connectivity index (χ2v) is 2.99. The van der Waals surface area contributed by atoms with E-state index < -0.39 is 11.9 Å². The van der Waals surface area contributed by atoms with Crippen LogP contribution in [0.3, 0.4) is 0 Å². The third-order valence-corrected chi connectivity index (χ3v) is 1.23. The topological polar surface area (TPSA) is 115 Å². The van der Waals surface area contributed by atoms with Crippen molar-refractivity contribution in [3.63, 3.8) is 0 Å². The number of carboxylic acids is 2. The Bertz CT molecular complexity index is 391. The van der Waals surface area contributed by atoms with Crippen molar-refractivity contribution in [1.82, 2.24) is 0 Å². The van der Waals surface area contributed by atoms with Crippen LogP contribution in [0.15, 0.2) is 24.8 Å². The zero-order chi connectivity index (χ0) is 14.7. The Morgan fingerprint density at radius 2 is 1.50 bits per heavy atom. The number of hydrogen-bond acceptors (Lipinski definition) is 4. The number of carboxylic acid groups (broad SMARTS) is 2. The summed E-state index contributed by atoms with van der Waals surface area (Å²) >= 11 is 0. The Kier molecular flexibility index (Phi) is 9.64. The summed E-state index contributed by atoms with van der Waals surface area (Å²) in [5.74, 6) is -1.40. The van der Waals surface area contributed by atoms with E-state index in [1.807, 2.05) is 0 Å². The van der Waals surface area contributed by atoms with Crippen molar-refractivity contribution in [2.75, 3.05) is 0 Å². The fraction of sp³-hybridized carbons (Fsp3) is 0.167. The predicted octanol–water partition coefficient (Wildman–Crippen LogP) is 1.92. The van der Waals surface area contributed by atoms with Gasteiger partial charge in [0.05, 0.1) is 0 Å². The Morgan fingerprint density at radius 3 is 1.78 bits per heavy atom. The molecular weight excluding hydrogens is 240 g/mol. The Hall–Kier alpha value is -2.50. The monoisotopic (exact) mass is 256 g/mol. The molecule has 0 aliphatic rings. The predicted molar refractivity (Wildman–Crippen MR) is 66.5 cm³/mol. The molecule has 1 aromatic rings. The molecule has 0 radical (unpaired) electrons. The van der Waals surface area contributed by atoms with Crippen molar-refractivity contribution >= 4 is 18.0 Å². The zero-order valence-electron chi connectivity index (χ0n) is 10.1. The van der Waals surface area contributed by atoms with Crippen molar-refractivity contribution in [2.24, 2.45) is 0 Å². The van der Waals surface area contributed by atoms with E-state index in [4.69, 9.17) is 30.0 Å². The van der Waals surface area contributed by atoms with Crippen LogP contribution in [-0.4, -0.2) is 32.4 Å². The molecule has 0 aromatic heterocycles. The highest BCUT2D eigenvalue weighted by Gasteiger charge is 1.95. The molecule has 1 aromatic carbocycles. The summed E-state index contributed by atoms with van der Waals surface area (Å²) in [6, 6.07) is 4.29. The SMILES string of the molecule is C=Cc1cc(O)ccc1O.CC(=O)O.CC(=O)O. The second kappa shape index (κ2) is 9.71. The lowest BCUT2D eigenvalue weighted by molar-refractivity contribution is -0.135. The summed E-state index contributed by atoms with van der Waals surface area (Å²) in [5.41, 5.74) is 0.542. The molecule has 0 unspecified atom stereocenters. The Morgan fingerprint density at radius 1 is 1.11 bits per heavy atom. The van der Waals surface area contributed by atoms with Gasteiger partial charge in [-0.15, -0.1) is 0 Å². The van der Waals surface area contributed by atoms with Gasteiger partial charge in [0.15, 0.2) is 0 Å². The van der Waals surface area contributed by atoms with Gasteiger partial charge in [0.25, 0.3) is 11.9 Å². The van der Waals surface area contributed by atoms with E-state index in [-0.39, 0.29) is 11.5 Å². The summed E-state index contributed by atoms with van der Waals surface area (Å²) in [6.07, 6.45) is 1.48. The van der Waals surface area contributed by atoms with Gasteiger partial charge < -0.3 is 20.4 Å². The molecule has 1 rings (SSSR count). The molecule has 0 atom stereocenters. The first-order valence-electron chi connectivity index (χ1n) is 4.74. The quantitative estimate of drug-likeness (QED) is 0.570. The highest BCUT2D eigenvalue weighted by Crippen LogP contribution is 2.22. The van der Waals surface area contributed by atoms with Gasteiger partial charge in [0, 0.05) is 19.4 Å². The molecule has 0 saturated carbocycles. The van der Waals surface area contributed by atoms with E-state index in [0.717, 1.165) is 13.8 Å². The number of phenols is 2. The van der Waals surface area contributed by atoms with E-state index in [0.29, 0.717) is 5.56 Å². The molecule has 0 bridgehead atoms. The van der Waals surface area contributed by atoms with Crippen LogP contribution >= 0.6 is 0 Å². The Balaban J connectivity index is 0. The number of benzene rings is 1. The standard InChI is InChI=1S/C8H8O2.2C2H4O2/c1-2-6-5-7(9)3-4-8(6)10;2*1-2(3)4/h2-5,9-10H,1H2;2*1H3,(H,3,4). The lowest BCUT2D eigenvalue weighted by Crippen LogP contribution is -1.78. The van der Waals surface area contributed by atoms with E-state index in [2.05, 4.69) is 6.58 Å². The minimum atomic E-state index is -0.833. The third kappa shape index (κ3) is 13.5. The molecule has 0 aliphatic carbocycles. The lowest BCUT2D eigenvalue weighted by atomic mass is 10.2. The first-order valence-corrected chi connectivity index (χ1v) is 4.74. The highest BCUT2D eigenvalue weighted by atomic mass is 16.4. The van der Waals surface area contributed by atoms with Crippen LogP contribution in [0.25, 0.3) is 6.08 Å². The van der Waals surface area contributed by atoms with Gasteiger partial charge in [-0.1, -0.05) is 12.7 Å². The van der Waals surface area contributed by atoms with Crippen LogP contribution < -0.4 is 0 Å². The minimum Gasteiger partial charge on any atom is -0.508 e. The molecule has 6 heteroatoms. The van der Waals surface area contributed by atoms with E-state index in [1.54, 1.807) is 0 Å². The average molecular weight is 256 g/mol. The van der Waals surface area contributed by atoms with Gasteiger partial charge in [0.1, 0.15) is 11.5 Å². The smallest absolute Gasteiger partial charge is 0.300 e. The molecule has 0 amide bonds. The fourth-order valence-electron chi connectivity index (χ4n) is 0.705. The number of hydrogen-bond donors (Lipinski definition) is 4. The second-order valence-electron chi connectivity index (χ2n) is 2.99. The maximum absolute atomic E-state index is 9.05. The maximum Gasteiger partial charge on any atom is 0.300 e. The van der Waals surface area contributed by atoms with Crippen molar-refractivity contribution in [3.05, 3.63) is 30.3 Å². The van der Waals surface area contributed by atoms with Gasteiger partial charge >= 0.3 is 0 Å². The number of phenolic OH excluding ortho intramolecular Hbond substituents is 2. The van der Waals surface area contributed by atoms with Gasteiger partial charge in [-0.2, -0.15) is 0 Å². The molecule has 0 aliphatic heterocycles. The van der Waals surface area contributed by atoms with Crippen LogP contribution in [0.5, 0.6) is 11.5 Å². The van der Waals surface area contributed by atoms with Crippen LogP contribution in [-0.2, 0) is 9.59 Å². The molecule has 4 N–H and O–H groups in total. The van der Waals surface area contributed by atoms with Crippen LogP contribution in [0, 0.1) is 0 Å². The average Bonchev–Trinajstić information content (AvgIpc) is 2.20. The van der Waals surface area contributed by atoms with Gasteiger partial charge in [-0.3, -0.25) is 9.59 Å². The summed E-state index contributed by atoms with van der Waals surface area (Å²) in [4.78, 5) is 18.0. The first-order chi connectivity index (χ1) is 8.20. The van der Waals surface area contributed by atoms with E-state index in [1.165, 1.54) is 24.3 Å². The minimum absolute atomic E-state index is 0.132. The first kappa shape index (κ1) is 17.9. The molecule has 0 heterocycles. The van der Waals surface area contributed by atoms with Crippen molar-refractivity contribution < 1.29 is 30.0 Å². The van der Waals surface area contributed by atoms with Gasteiger partial charge in [-0.25, -0.2) is 0 Å². The van der Waals surface area contributed by atoms with Crippen molar-refractivity contribution in [1.29, 1.82) is 0 Å². The number of rotatable bonds is 1. The van der Waals surface area contributed by atoms with Crippen LogP contribution in [0.4, 0.5) is 0 Å². The molecule has 0 saturated heterocycles. The van der Waals surface area contributed by atoms with Gasteiger partial charge in [-0.05, 0) is 18.2 Å². The van der Waals surface area contributed by atoms with Crippen LogP contribution in [0.1, 0.15) is 19.4 Å². The largest absolute Gasteiger partial charge is 0.508 e. The van der Waals surface area contributed by atoms with Crippen LogP contribution in [0.2, 0.25) is 0 Å². The Labute approximate surface area is 104 Å². The fourth-order valence-corrected chi connectivity index (χ4v) is 0.705. The summed E-state index contributed by atoms with van der Waals surface area (Å²) < 4.78 is 0. The summed E-state index contributed by atoms with van der Waals surface area (Å²) in [6.45, 7) is 5.63. The highest BCUT2D eigenvalue weighted by molar-refractivity contribution is 5.63. The number of carbonyl (C=O) groups is 2. The van der Waals surface area contributed by atoms with Gasteiger partial charge in [0.2, 0.25) is 0 Å². The summed E-state index contributed by atoms with van der Waals surface area (Å²) in [7, 11) is 0. The maximum atomic E-state index is 9.05. The van der Waals surface area contributed by atoms with Crippen molar-refractivity contribution in [2.45, 2.75) is 13.8 Å². The number of aromatic hydroxyl groups is 2. The number of aliphatic carboxylic acids is 2. The zero-order valence-corrected chi connectivity index (χ0v) is 10.1. The molecule has 100 valence electrons. The van der Waals surface area contributed by atoms with Crippen molar-refractivity contribution in [3.8, 4) is 11.5 Å². The lowest BCUT2D eigenvalue weighted by Gasteiger charge is -1.97. The molecular formula is C12H16O6. The third-order valence-electron chi connectivity index (χ3n) is 1.23. The molecule has 0 spiro atoms.